The molecule has 0 aliphatic carbocycles. The van der Waals surface area contributed by atoms with Crippen LogP contribution in [0.15, 0.2) is 18.2 Å². The predicted molar refractivity (Wildman–Crippen MR) is 50.4 cm³/mol. The summed E-state index contributed by atoms with van der Waals surface area (Å²) in [5.74, 6) is 0.560. The van der Waals surface area contributed by atoms with E-state index in [0.29, 0.717) is 17.7 Å². The highest BCUT2D eigenvalue weighted by molar-refractivity contribution is 5.43. The Labute approximate surface area is 81.1 Å². The zero-order valence-electron chi connectivity index (χ0n) is 7.77. The number of hydrogen-bond donors (Lipinski definition) is 1. The van der Waals surface area contributed by atoms with E-state index in [2.05, 4.69) is 0 Å². The Bertz CT molecular complexity index is 338. The maximum Gasteiger partial charge on any atom is 0.269 e. The summed E-state index contributed by atoms with van der Waals surface area (Å²) in [7, 11) is 1.49. The van der Waals surface area contributed by atoms with Crippen LogP contribution in [-0.2, 0) is 6.42 Å². The fourth-order valence-electron chi connectivity index (χ4n) is 1.19. The first kappa shape index (κ1) is 10.5. The Morgan fingerprint density at radius 3 is 2.79 bits per heavy atom. The summed E-state index contributed by atoms with van der Waals surface area (Å²) in [4.78, 5) is 9.99. The third kappa shape index (κ3) is 2.20. The summed E-state index contributed by atoms with van der Waals surface area (Å²) in [6, 6.07) is 4.32. The van der Waals surface area contributed by atoms with Crippen molar-refractivity contribution in [1.29, 1.82) is 0 Å². The lowest BCUT2D eigenvalue weighted by Gasteiger charge is -2.06. The van der Waals surface area contributed by atoms with Gasteiger partial charge in [-0.15, -0.1) is 0 Å². The van der Waals surface area contributed by atoms with E-state index in [1.807, 2.05) is 0 Å². The smallest absolute Gasteiger partial charge is 0.269 e. The van der Waals surface area contributed by atoms with Gasteiger partial charge in [-0.3, -0.25) is 10.1 Å². The highest BCUT2D eigenvalue weighted by Gasteiger charge is 2.10. The lowest BCUT2D eigenvalue weighted by Crippen LogP contribution is -1.97. The highest BCUT2D eigenvalue weighted by atomic mass is 16.6. The van der Waals surface area contributed by atoms with Gasteiger partial charge in [-0.2, -0.15) is 0 Å². The second-order valence-electron chi connectivity index (χ2n) is 2.73. The Balaban J connectivity index is 3.07. The number of ether oxygens (including phenoxy) is 1. The molecule has 0 spiro atoms. The molecule has 76 valence electrons. The quantitative estimate of drug-likeness (QED) is 0.580. The van der Waals surface area contributed by atoms with Crippen LogP contribution in [0.4, 0.5) is 5.69 Å². The van der Waals surface area contributed by atoms with Crippen LogP contribution in [0, 0.1) is 10.1 Å². The summed E-state index contributed by atoms with van der Waals surface area (Å²) < 4.78 is 5.00. The van der Waals surface area contributed by atoms with Gasteiger partial charge in [0.05, 0.1) is 12.0 Å². The van der Waals surface area contributed by atoms with Crippen LogP contribution in [0.3, 0.4) is 0 Å². The molecule has 0 fully saturated rings. The van der Waals surface area contributed by atoms with E-state index in [1.54, 1.807) is 0 Å². The maximum absolute atomic E-state index is 10.5. The average Bonchev–Trinajstić information content (AvgIpc) is 2.18. The third-order valence-electron chi connectivity index (χ3n) is 1.86. The first-order chi connectivity index (χ1) is 6.69. The highest BCUT2D eigenvalue weighted by Crippen LogP contribution is 2.23. The minimum Gasteiger partial charge on any atom is -0.496 e. The number of rotatable bonds is 4. The molecular formula is C9H11NO4. The number of aliphatic hydroxyl groups excluding tert-OH is 1. The molecule has 0 heterocycles. The third-order valence-corrected chi connectivity index (χ3v) is 1.86. The van der Waals surface area contributed by atoms with Gasteiger partial charge in [0.25, 0.3) is 5.69 Å². The van der Waals surface area contributed by atoms with Gasteiger partial charge in [0.1, 0.15) is 5.75 Å². The maximum atomic E-state index is 10.5. The lowest BCUT2D eigenvalue weighted by molar-refractivity contribution is -0.384. The van der Waals surface area contributed by atoms with E-state index < -0.39 is 4.92 Å². The van der Waals surface area contributed by atoms with Crippen LogP contribution in [0.1, 0.15) is 5.56 Å². The normalized spacial score (nSPS) is 9.86. The van der Waals surface area contributed by atoms with E-state index in [9.17, 15) is 10.1 Å². The predicted octanol–water partition coefficient (Wildman–Crippen LogP) is 1.14. The Kier molecular flexibility index (Phi) is 3.41. The van der Waals surface area contributed by atoms with Crippen LogP contribution in [0.2, 0.25) is 0 Å². The molecule has 5 nitrogen and oxygen atoms in total. The van der Waals surface area contributed by atoms with Gasteiger partial charge in [-0.25, -0.2) is 0 Å². The largest absolute Gasteiger partial charge is 0.496 e. The molecule has 0 aromatic heterocycles. The molecule has 0 bridgehead atoms. The van der Waals surface area contributed by atoms with Gasteiger partial charge in [0, 0.05) is 24.3 Å². The van der Waals surface area contributed by atoms with E-state index >= 15 is 0 Å². The number of nitro benzene ring substituents is 1. The van der Waals surface area contributed by atoms with Gasteiger partial charge in [-0.05, 0) is 12.5 Å². The molecule has 0 radical (unpaired) electrons. The zero-order chi connectivity index (χ0) is 10.6. The number of nitrogens with zero attached hydrogens (tertiary/aromatic N) is 1. The number of benzene rings is 1. The molecule has 0 amide bonds. The molecule has 0 atom stereocenters. The van der Waals surface area contributed by atoms with Crippen LogP contribution in [-0.4, -0.2) is 23.7 Å². The SMILES string of the molecule is COc1ccc([N+](=O)[O-])cc1CCO. The van der Waals surface area contributed by atoms with Gasteiger partial charge in [0.15, 0.2) is 0 Å². The van der Waals surface area contributed by atoms with Crippen molar-refractivity contribution in [2.75, 3.05) is 13.7 Å². The van der Waals surface area contributed by atoms with Gasteiger partial charge >= 0.3 is 0 Å². The minimum atomic E-state index is -0.472. The number of methoxy groups -OCH3 is 1. The Hall–Kier alpha value is -1.62. The second kappa shape index (κ2) is 4.57. The molecule has 0 aliphatic heterocycles. The number of aliphatic hydroxyl groups is 1. The van der Waals surface area contributed by atoms with Crippen molar-refractivity contribution in [2.24, 2.45) is 0 Å². The first-order valence-corrected chi connectivity index (χ1v) is 4.11. The molecule has 5 heteroatoms. The van der Waals surface area contributed by atoms with Crippen LogP contribution in [0.5, 0.6) is 5.75 Å². The van der Waals surface area contributed by atoms with Crippen molar-refractivity contribution in [2.45, 2.75) is 6.42 Å². The molecule has 0 aliphatic rings. The van der Waals surface area contributed by atoms with E-state index in [1.165, 1.54) is 25.3 Å². The van der Waals surface area contributed by atoms with Gasteiger partial charge < -0.3 is 9.84 Å². The van der Waals surface area contributed by atoms with Gasteiger partial charge in [0.2, 0.25) is 0 Å². The molecule has 14 heavy (non-hydrogen) atoms. The zero-order valence-corrected chi connectivity index (χ0v) is 7.77. The Morgan fingerprint density at radius 1 is 1.57 bits per heavy atom. The van der Waals surface area contributed by atoms with Crippen LogP contribution in [0.25, 0.3) is 0 Å². The summed E-state index contributed by atoms with van der Waals surface area (Å²) in [6.45, 7) is -0.0580. The molecule has 1 rings (SSSR count). The lowest BCUT2D eigenvalue weighted by atomic mass is 10.1. The topological polar surface area (TPSA) is 72.6 Å². The summed E-state index contributed by atoms with van der Waals surface area (Å²) in [6.07, 6.45) is 0.352. The fourth-order valence-corrected chi connectivity index (χ4v) is 1.19. The first-order valence-electron chi connectivity index (χ1n) is 4.11. The Morgan fingerprint density at radius 2 is 2.29 bits per heavy atom. The fraction of sp³-hybridized carbons (Fsp3) is 0.333. The molecule has 1 aromatic rings. The average molecular weight is 197 g/mol. The number of non-ortho nitro benzene ring substituents is 1. The molecule has 0 unspecified atom stereocenters. The second-order valence-corrected chi connectivity index (χ2v) is 2.73. The molecule has 1 aromatic carbocycles. The molecule has 0 saturated heterocycles. The molecule has 1 N–H and O–H groups in total. The van der Waals surface area contributed by atoms with Crippen molar-refractivity contribution in [3.8, 4) is 5.75 Å². The van der Waals surface area contributed by atoms with Crippen LogP contribution < -0.4 is 4.74 Å². The van der Waals surface area contributed by atoms with E-state index in [0.717, 1.165) is 0 Å². The molecular weight excluding hydrogens is 186 g/mol. The number of hydrogen-bond acceptors (Lipinski definition) is 4. The standard InChI is InChI=1S/C9H11NO4/c1-14-9-3-2-8(10(12)13)6-7(9)4-5-11/h2-3,6,11H,4-5H2,1H3. The van der Waals surface area contributed by atoms with Crippen molar-refractivity contribution >= 4 is 5.69 Å². The summed E-state index contributed by atoms with van der Waals surface area (Å²) in [5.41, 5.74) is 0.651. The van der Waals surface area contributed by atoms with Gasteiger partial charge in [-0.1, -0.05) is 0 Å². The summed E-state index contributed by atoms with van der Waals surface area (Å²) >= 11 is 0. The monoisotopic (exact) mass is 197 g/mol. The van der Waals surface area contributed by atoms with Crippen LogP contribution >= 0.6 is 0 Å². The van der Waals surface area contributed by atoms with Crippen molar-refractivity contribution in [3.05, 3.63) is 33.9 Å². The molecule has 0 saturated carbocycles. The minimum absolute atomic E-state index is 0.00856. The van der Waals surface area contributed by atoms with Crippen molar-refractivity contribution < 1.29 is 14.8 Å². The summed E-state index contributed by atoms with van der Waals surface area (Å²) in [5, 5.41) is 19.2. The van der Waals surface area contributed by atoms with E-state index in [4.69, 9.17) is 9.84 Å². The van der Waals surface area contributed by atoms with Crippen molar-refractivity contribution in [1.82, 2.24) is 0 Å². The number of nitro groups is 1. The van der Waals surface area contributed by atoms with Crippen molar-refractivity contribution in [3.63, 3.8) is 0 Å². The van der Waals surface area contributed by atoms with E-state index in [-0.39, 0.29) is 12.3 Å².